The Morgan fingerprint density at radius 2 is 2.09 bits per heavy atom. The number of hydrogen-bond donors (Lipinski definition) is 2. The van der Waals surface area contributed by atoms with Gasteiger partial charge in [0.05, 0.1) is 9.95 Å². The first-order valence-corrected chi connectivity index (χ1v) is 7.17. The zero-order chi connectivity index (χ0) is 17.6. The van der Waals surface area contributed by atoms with Crippen LogP contribution in [0, 0.1) is 16.0 Å². The van der Waals surface area contributed by atoms with Crippen LogP contribution in [0.4, 0.5) is 5.69 Å². The third kappa shape index (κ3) is 6.11. The summed E-state index contributed by atoms with van der Waals surface area (Å²) >= 11 is 5.83. The molecule has 0 aliphatic rings. The molecule has 0 saturated heterocycles. The zero-order valence-corrected chi connectivity index (χ0v) is 13.4. The van der Waals surface area contributed by atoms with Gasteiger partial charge >= 0.3 is 5.97 Å². The van der Waals surface area contributed by atoms with Crippen LogP contribution >= 0.6 is 11.6 Å². The number of hydrogen-bond acceptors (Lipinski definition) is 5. The van der Waals surface area contributed by atoms with Crippen LogP contribution in [0.2, 0.25) is 5.02 Å². The van der Waals surface area contributed by atoms with Gasteiger partial charge in [-0.05, 0) is 18.4 Å². The summed E-state index contributed by atoms with van der Waals surface area (Å²) in [5.74, 6) is -1.54. The summed E-state index contributed by atoms with van der Waals surface area (Å²) in [5.41, 5.74) is -0.199. The number of non-ortho nitro benzene ring substituents is 1. The number of carbonyl (C=O) groups excluding carboxylic acids is 1. The normalized spacial score (nSPS) is 11.8. The number of aliphatic carboxylic acids is 1. The van der Waals surface area contributed by atoms with E-state index >= 15 is 0 Å². The summed E-state index contributed by atoms with van der Waals surface area (Å²) in [7, 11) is 0. The lowest BCUT2D eigenvalue weighted by Gasteiger charge is -2.16. The number of nitro groups is 1. The quantitative estimate of drug-likeness (QED) is 0.551. The molecule has 2 N–H and O–H groups in total. The highest BCUT2D eigenvalue weighted by molar-refractivity contribution is 6.32. The predicted molar refractivity (Wildman–Crippen MR) is 82.6 cm³/mol. The molecule has 0 aliphatic heterocycles. The van der Waals surface area contributed by atoms with E-state index in [1.54, 1.807) is 0 Å². The fourth-order valence-corrected chi connectivity index (χ4v) is 2.02. The molecule has 0 aliphatic carbocycles. The SMILES string of the molecule is CC(C)CC(NC(=O)COc1ccc([N+](=O)[O-])cc1Cl)C(=O)O. The number of carboxylic acid groups (broad SMARTS) is 1. The van der Waals surface area contributed by atoms with Crippen molar-refractivity contribution >= 4 is 29.2 Å². The molecule has 126 valence electrons. The van der Waals surface area contributed by atoms with Gasteiger partial charge in [-0.15, -0.1) is 0 Å². The van der Waals surface area contributed by atoms with Crippen molar-refractivity contribution < 1.29 is 24.4 Å². The van der Waals surface area contributed by atoms with Crippen LogP contribution in [-0.2, 0) is 9.59 Å². The highest BCUT2D eigenvalue weighted by atomic mass is 35.5. The van der Waals surface area contributed by atoms with Gasteiger partial charge in [0.1, 0.15) is 11.8 Å². The molecule has 0 radical (unpaired) electrons. The van der Waals surface area contributed by atoms with Crippen LogP contribution in [0.15, 0.2) is 18.2 Å². The van der Waals surface area contributed by atoms with Crippen molar-refractivity contribution in [3.8, 4) is 5.75 Å². The molecular formula is C14H17ClN2O6. The maximum absolute atomic E-state index is 11.7. The monoisotopic (exact) mass is 344 g/mol. The fraction of sp³-hybridized carbons (Fsp3) is 0.429. The summed E-state index contributed by atoms with van der Waals surface area (Å²) in [4.78, 5) is 32.8. The van der Waals surface area contributed by atoms with Gasteiger partial charge < -0.3 is 15.2 Å². The number of halogens is 1. The number of nitro benzene ring substituents is 1. The van der Waals surface area contributed by atoms with Crippen molar-refractivity contribution in [2.24, 2.45) is 5.92 Å². The minimum atomic E-state index is -1.12. The maximum atomic E-state index is 11.7. The summed E-state index contributed by atoms with van der Waals surface area (Å²) in [6, 6.07) is 2.57. The Morgan fingerprint density at radius 1 is 1.43 bits per heavy atom. The lowest BCUT2D eigenvalue weighted by Crippen LogP contribution is -2.43. The average molecular weight is 345 g/mol. The molecule has 0 spiro atoms. The second-order valence-corrected chi connectivity index (χ2v) is 5.66. The highest BCUT2D eigenvalue weighted by Crippen LogP contribution is 2.28. The molecule has 8 nitrogen and oxygen atoms in total. The second kappa shape index (κ2) is 8.33. The van der Waals surface area contributed by atoms with Crippen molar-refractivity contribution in [3.63, 3.8) is 0 Å². The number of ether oxygens (including phenoxy) is 1. The van der Waals surface area contributed by atoms with Crippen LogP contribution in [-0.4, -0.2) is 34.6 Å². The van der Waals surface area contributed by atoms with E-state index in [0.29, 0.717) is 6.42 Å². The number of rotatable bonds is 8. The molecule has 1 amide bonds. The van der Waals surface area contributed by atoms with Gasteiger partial charge in [0.25, 0.3) is 11.6 Å². The van der Waals surface area contributed by atoms with Crippen LogP contribution in [0.25, 0.3) is 0 Å². The van der Waals surface area contributed by atoms with Crippen molar-refractivity contribution in [1.82, 2.24) is 5.32 Å². The van der Waals surface area contributed by atoms with Gasteiger partial charge in [-0.25, -0.2) is 4.79 Å². The van der Waals surface area contributed by atoms with Gasteiger partial charge in [0.2, 0.25) is 0 Å². The standard InChI is InChI=1S/C14H17ClN2O6/c1-8(2)5-11(14(19)20)16-13(18)7-23-12-4-3-9(17(21)22)6-10(12)15/h3-4,6,8,11H,5,7H2,1-2H3,(H,16,18)(H,19,20). The molecule has 1 unspecified atom stereocenters. The first kappa shape index (κ1) is 18.7. The minimum Gasteiger partial charge on any atom is -0.482 e. The van der Waals surface area contributed by atoms with E-state index in [9.17, 15) is 19.7 Å². The van der Waals surface area contributed by atoms with Crippen molar-refractivity contribution in [2.75, 3.05) is 6.61 Å². The number of amides is 1. The Kier molecular flexibility index (Phi) is 6.77. The molecule has 0 saturated carbocycles. The molecule has 0 heterocycles. The van der Waals surface area contributed by atoms with Crippen LogP contribution < -0.4 is 10.1 Å². The molecule has 9 heteroatoms. The topological polar surface area (TPSA) is 119 Å². The smallest absolute Gasteiger partial charge is 0.326 e. The lowest BCUT2D eigenvalue weighted by atomic mass is 10.0. The third-order valence-corrected chi connectivity index (χ3v) is 3.12. The molecule has 23 heavy (non-hydrogen) atoms. The number of benzene rings is 1. The van der Waals surface area contributed by atoms with E-state index in [0.717, 1.165) is 6.07 Å². The Bertz CT molecular complexity index is 605. The van der Waals surface area contributed by atoms with Crippen molar-refractivity contribution in [3.05, 3.63) is 33.3 Å². The lowest BCUT2D eigenvalue weighted by molar-refractivity contribution is -0.384. The summed E-state index contributed by atoms with van der Waals surface area (Å²) < 4.78 is 5.16. The van der Waals surface area contributed by atoms with Gasteiger partial charge in [-0.1, -0.05) is 25.4 Å². The number of nitrogens with one attached hydrogen (secondary N) is 1. The second-order valence-electron chi connectivity index (χ2n) is 5.25. The summed E-state index contributed by atoms with van der Waals surface area (Å²) in [6.45, 7) is 3.24. The van der Waals surface area contributed by atoms with Gasteiger partial charge in [0.15, 0.2) is 6.61 Å². The Labute approximate surface area is 137 Å². The summed E-state index contributed by atoms with van der Waals surface area (Å²) in [6.07, 6.45) is 0.291. The maximum Gasteiger partial charge on any atom is 0.326 e. The highest BCUT2D eigenvalue weighted by Gasteiger charge is 2.21. The molecule has 1 aromatic carbocycles. The van der Waals surface area contributed by atoms with E-state index < -0.39 is 29.4 Å². The molecule has 1 atom stereocenters. The number of nitrogens with zero attached hydrogens (tertiary/aromatic N) is 1. The van der Waals surface area contributed by atoms with Gasteiger partial charge in [0, 0.05) is 12.1 Å². The van der Waals surface area contributed by atoms with E-state index in [1.165, 1.54) is 12.1 Å². The van der Waals surface area contributed by atoms with E-state index in [2.05, 4.69) is 5.32 Å². The molecule has 0 fully saturated rings. The Balaban J connectivity index is 2.62. The molecule has 1 rings (SSSR count). The van der Waals surface area contributed by atoms with Crippen LogP contribution in [0.1, 0.15) is 20.3 Å². The molecular weight excluding hydrogens is 328 g/mol. The van der Waals surface area contributed by atoms with Crippen molar-refractivity contribution in [1.29, 1.82) is 0 Å². The third-order valence-electron chi connectivity index (χ3n) is 2.83. The zero-order valence-electron chi connectivity index (χ0n) is 12.6. The average Bonchev–Trinajstić information content (AvgIpc) is 2.44. The van der Waals surface area contributed by atoms with Crippen LogP contribution in [0.5, 0.6) is 5.75 Å². The van der Waals surface area contributed by atoms with Gasteiger partial charge in [-0.3, -0.25) is 14.9 Å². The van der Waals surface area contributed by atoms with E-state index in [4.69, 9.17) is 21.4 Å². The van der Waals surface area contributed by atoms with E-state index in [1.807, 2.05) is 13.8 Å². The largest absolute Gasteiger partial charge is 0.482 e. The summed E-state index contributed by atoms with van der Waals surface area (Å²) in [5, 5.41) is 22.0. The van der Waals surface area contributed by atoms with Crippen LogP contribution in [0.3, 0.4) is 0 Å². The molecule has 0 aromatic heterocycles. The Morgan fingerprint density at radius 3 is 2.57 bits per heavy atom. The Hall–Kier alpha value is -2.35. The number of carbonyl (C=O) groups is 2. The number of carboxylic acids is 1. The molecule has 0 bridgehead atoms. The fourth-order valence-electron chi connectivity index (χ4n) is 1.79. The first-order chi connectivity index (χ1) is 10.7. The van der Waals surface area contributed by atoms with E-state index in [-0.39, 0.29) is 22.4 Å². The molecule has 1 aromatic rings. The van der Waals surface area contributed by atoms with Gasteiger partial charge in [-0.2, -0.15) is 0 Å². The minimum absolute atomic E-state index is 0.0102. The van der Waals surface area contributed by atoms with Crippen molar-refractivity contribution in [2.45, 2.75) is 26.3 Å². The first-order valence-electron chi connectivity index (χ1n) is 6.79. The predicted octanol–water partition coefficient (Wildman–Crippen LogP) is 2.24.